The van der Waals surface area contributed by atoms with Gasteiger partial charge in [-0.1, -0.05) is 18.6 Å². The zero-order chi connectivity index (χ0) is 13.6. The van der Waals surface area contributed by atoms with Crippen LogP contribution in [0.1, 0.15) is 53.4 Å². The third kappa shape index (κ3) is 2.63. The van der Waals surface area contributed by atoms with Gasteiger partial charge in [-0.3, -0.25) is 0 Å². The predicted octanol–water partition coefficient (Wildman–Crippen LogP) is 2.41. The van der Waals surface area contributed by atoms with E-state index in [1.165, 1.54) is 5.57 Å². The normalized spacial score (nSPS) is 41.2. The molecule has 2 aliphatic rings. The smallest absolute Gasteiger partial charge is 0.0983 e. The largest absolute Gasteiger partial charge is 0.390 e. The molecular weight excluding hydrogens is 228 g/mol. The number of aliphatic hydroxyl groups excluding tert-OH is 2. The number of hydrogen-bond donors (Lipinski definition) is 2. The van der Waals surface area contributed by atoms with Crippen molar-refractivity contribution in [3.05, 3.63) is 11.6 Å². The second-order valence-corrected chi connectivity index (χ2v) is 6.98. The van der Waals surface area contributed by atoms with Crippen LogP contribution in [-0.2, 0) is 4.74 Å². The Balaban J connectivity index is 2.26. The topological polar surface area (TPSA) is 49.7 Å². The number of ether oxygens (including phenoxy) is 1. The van der Waals surface area contributed by atoms with Crippen LogP contribution in [0, 0.1) is 5.41 Å². The van der Waals surface area contributed by atoms with Gasteiger partial charge in [0.05, 0.1) is 23.9 Å². The van der Waals surface area contributed by atoms with Crippen molar-refractivity contribution in [1.29, 1.82) is 0 Å². The van der Waals surface area contributed by atoms with Crippen LogP contribution in [0.2, 0.25) is 0 Å². The number of rotatable bonds is 1. The van der Waals surface area contributed by atoms with E-state index in [2.05, 4.69) is 27.7 Å². The second-order valence-electron chi connectivity index (χ2n) is 6.98. The molecule has 2 aliphatic carbocycles. The molecule has 0 aromatic rings. The first-order valence-corrected chi connectivity index (χ1v) is 6.97. The van der Waals surface area contributed by atoms with Crippen LogP contribution in [0.3, 0.4) is 0 Å². The highest BCUT2D eigenvalue weighted by Crippen LogP contribution is 2.49. The molecule has 0 amide bonds. The standard InChI is InChI=1S/C15H26O3/c1-14(2,3)18-13-7-5-6-10-8-11(16)12(17)9-15(10,13)4/h8,11-13,16-17H,5-7,9H2,1-4H3/t11-,12+,13-,15-/m0/s1. The molecule has 0 radical (unpaired) electrons. The van der Waals surface area contributed by atoms with E-state index < -0.39 is 12.2 Å². The van der Waals surface area contributed by atoms with Gasteiger partial charge in [-0.05, 0) is 46.5 Å². The summed E-state index contributed by atoms with van der Waals surface area (Å²) in [6.07, 6.45) is 4.38. The molecule has 2 N–H and O–H groups in total. The van der Waals surface area contributed by atoms with E-state index in [9.17, 15) is 10.2 Å². The minimum Gasteiger partial charge on any atom is -0.390 e. The third-order valence-corrected chi connectivity index (χ3v) is 4.25. The van der Waals surface area contributed by atoms with Crippen LogP contribution < -0.4 is 0 Å². The van der Waals surface area contributed by atoms with Crippen molar-refractivity contribution >= 4 is 0 Å². The van der Waals surface area contributed by atoms with Gasteiger partial charge in [0.15, 0.2) is 0 Å². The Kier molecular flexibility index (Phi) is 3.60. The fraction of sp³-hybridized carbons (Fsp3) is 0.867. The van der Waals surface area contributed by atoms with Crippen molar-refractivity contribution in [2.75, 3.05) is 0 Å². The maximum atomic E-state index is 9.95. The minimum atomic E-state index is -0.707. The number of hydrogen-bond acceptors (Lipinski definition) is 3. The zero-order valence-corrected chi connectivity index (χ0v) is 11.9. The van der Waals surface area contributed by atoms with Crippen molar-refractivity contribution < 1.29 is 14.9 Å². The molecule has 0 unspecified atom stereocenters. The quantitative estimate of drug-likeness (QED) is 0.707. The van der Waals surface area contributed by atoms with Crippen LogP contribution in [0.4, 0.5) is 0 Å². The summed E-state index contributed by atoms with van der Waals surface area (Å²) >= 11 is 0. The fourth-order valence-corrected chi connectivity index (χ4v) is 3.31. The summed E-state index contributed by atoms with van der Waals surface area (Å²) < 4.78 is 6.20. The molecule has 104 valence electrons. The summed E-state index contributed by atoms with van der Waals surface area (Å²) in [6, 6.07) is 0. The van der Waals surface area contributed by atoms with E-state index >= 15 is 0 Å². The first-order chi connectivity index (χ1) is 8.22. The minimum absolute atomic E-state index is 0.121. The van der Waals surface area contributed by atoms with E-state index in [4.69, 9.17) is 4.74 Å². The summed E-state index contributed by atoms with van der Waals surface area (Å²) in [5, 5.41) is 19.7. The van der Waals surface area contributed by atoms with E-state index in [0.717, 1.165) is 19.3 Å². The molecule has 1 fully saturated rings. The maximum absolute atomic E-state index is 9.95. The Morgan fingerprint density at radius 3 is 2.61 bits per heavy atom. The van der Waals surface area contributed by atoms with E-state index in [1.807, 2.05) is 6.08 Å². The summed E-state index contributed by atoms with van der Waals surface area (Å²) in [6.45, 7) is 8.39. The summed E-state index contributed by atoms with van der Waals surface area (Å²) in [5.74, 6) is 0. The molecule has 1 saturated carbocycles. The van der Waals surface area contributed by atoms with E-state index in [-0.39, 0.29) is 17.1 Å². The van der Waals surface area contributed by atoms with E-state index in [0.29, 0.717) is 6.42 Å². The molecule has 0 spiro atoms. The lowest BCUT2D eigenvalue weighted by molar-refractivity contribution is -0.132. The highest BCUT2D eigenvalue weighted by Gasteiger charge is 2.47. The van der Waals surface area contributed by atoms with Crippen molar-refractivity contribution in [2.24, 2.45) is 5.41 Å². The molecule has 2 rings (SSSR count). The van der Waals surface area contributed by atoms with Crippen LogP contribution >= 0.6 is 0 Å². The van der Waals surface area contributed by atoms with Gasteiger partial charge in [-0.25, -0.2) is 0 Å². The zero-order valence-electron chi connectivity index (χ0n) is 11.9. The molecule has 0 aromatic heterocycles. The Morgan fingerprint density at radius 1 is 1.33 bits per heavy atom. The fourth-order valence-electron chi connectivity index (χ4n) is 3.31. The summed E-state index contributed by atoms with van der Waals surface area (Å²) in [7, 11) is 0. The van der Waals surface area contributed by atoms with Gasteiger partial charge >= 0.3 is 0 Å². The van der Waals surface area contributed by atoms with Gasteiger partial charge in [0.25, 0.3) is 0 Å². The predicted molar refractivity (Wildman–Crippen MR) is 71.3 cm³/mol. The van der Waals surface area contributed by atoms with Crippen LogP contribution in [0.15, 0.2) is 11.6 Å². The average molecular weight is 254 g/mol. The van der Waals surface area contributed by atoms with Gasteiger partial charge in [0.2, 0.25) is 0 Å². The first kappa shape index (κ1) is 14.0. The molecule has 0 aromatic carbocycles. The monoisotopic (exact) mass is 254 g/mol. The molecule has 3 nitrogen and oxygen atoms in total. The average Bonchev–Trinajstić information content (AvgIpc) is 2.21. The number of fused-ring (bicyclic) bond motifs is 1. The molecule has 0 saturated heterocycles. The Morgan fingerprint density at radius 2 is 2.00 bits per heavy atom. The van der Waals surface area contributed by atoms with Crippen molar-refractivity contribution in [2.45, 2.75) is 77.3 Å². The summed E-state index contributed by atoms with van der Waals surface area (Å²) in [4.78, 5) is 0. The van der Waals surface area contributed by atoms with Crippen molar-refractivity contribution in [1.82, 2.24) is 0 Å². The Hall–Kier alpha value is -0.380. The van der Waals surface area contributed by atoms with Gasteiger partial charge in [-0.2, -0.15) is 0 Å². The van der Waals surface area contributed by atoms with Crippen molar-refractivity contribution in [3.8, 4) is 0 Å². The molecule has 0 bridgehead atoms. The molecule has 4 atom stereocenters. The molecule has 3 heteroatoms. The second kappa shape index (κ2) is 4.62. The molecular formula is C15H26O3. The SMILES string of the molecule is CC(C)(C)O[C@H]1CCCC2=C[C@H](O)[C@H](O)C[C@@]21C. The van der Waals surface area contributed by atoms with Crippen LogP contribution in [0.5, 0.6) is 0 Å². The Bertz CT molecular complexity index is 342. The first-order valence-electron chi connectivity index (χ1n) is 6.97. The third-order valence-electron chi connectivity index (χ3n) is 4.25. The van der Waals surface area contributed by atoms with Gasteiger partial charge < -0.3 is 14.9 Å². The molecule has 18 heavy (non-hydrogen) atoms. The lowest BCUT2D eigenvalue weighted by Gasteiger charge is -2.49. The maximum Gasteiger partial charge on any atom is 0.0983 e. The Labute approximate surface area is 110 Å². The van der Waals surface area contributed by atoms with Crippen molar-refractivity contribution in [3.63, 3.8) is 0 Å². The van der Waals surface area contributed by atoms with Crippen LogP contribution in [0.25, 0.3) is 0 Å². The lowest BCUT2D eigenvalue weighted by atomic mass is 9.63. The highest BCUT2D eigenvalue weighted by atomic mass is 16.5. The van der Waals surface area contributed by atoms with Gasteiger partial charge in [0.1, 0.15) is 0 Å². The lowest BCUT2D eigenvalue weighted by Crippen LogP contribution is -2.49. The number of aliphatic hydroxyl groups is 2. The highest BCUT2D eigenvalue weighted by molar-refractivity contribution is 5.25. The van der Waals surface area contributed by atoms with E-state index in [1.54, 1.807) is 0 Å². The van der Waals surface area contributed by atoms with Gasteiger partial charge in [-0.15, -0.1) is 0 Å². The molecule has 0 aliphatic heterocycles. The van der Waals surface area contributed by atoms with Crippen LogP contribution in [-0.4, -0.2) is 34.1 Å². The van der Waals surface area contributed by atoms with Gasteiger partial charge in [0, 0.05) is 5.41 Å². The molecule has 0 heterocycles. The summed E-state index contributed by atoms with van der Waals surface area (Å²) in [5.41, 5.74) is 0.974.